The Morgan fingerprint density at radius 1 is 1.33 bits per heavy atom. The van der Waals surface area contributed by atoms with E-state index in [4.69, 9.17) is 0 Å². The highest BCUT2D eigenvalue weighted by Crippen LogP contribution is 2.29. The van der Waals surface area contributed by atoms with Crippen molar-refractivity contribution in [3.05, 3.63) is 17.5 Å². The Labute approximate surface area is 111 Å². The van der Waals surface area contributed by atoms with Gasteiger partial charge in [-0.15, -0.1) is 0 Å². The summed E-state index contributed by atoms with van der Waals surface area (Å²) >= 11 is 0. The summed E-state index contributed by atoms with van der Waals surface area (Å²) < 4.78 is 0. The number of anilines is 1. The number of nitrogens with zero attached hydrogens (tertiary/aromatic N) is 3. The number of rotatable bonds is 4. The molecule has 0 bridgehead atoms. The zero-order chi connectivity index (χ0) is 13.1. The molecule has 0 amide bonds. The highest BCUT2D eigenvalue weighted by atomic mass is 15.3. The van der Waals surface area contributed by atoms with Gasteiger partial charge in [0.25, 0.3) is 0 Å². The van der Waals surface area contributed by atoms with Crippen molar-refractivity contribution in [1.29, 1.82) is 0 Å². The van der Waals surface area contributed by atoms with Gasteiger partial charge in [0.15, 0.2) is 0 Å². The van der Waals surface area contributed by atoms with E-state index in [1.807, 2.05) is 6.07 Å². The maximum absolute atomic E-state index is 4.62. The minimum Gasteiger partial charge on any atom is -0.338 e. The Hall–Kier alpha value is -1.12. The van der Waals surface area contributed by atoms with E-state index in [9.17, 15) is 0 Å². The maximum Gasteiger partial charge on any atom is 0.226 e. The first kappa shape index (κ1) is 13.3. The number of hydrogen-bond donors (Lipinski definition) is 0. The van der Waals surface area contributed by atoms with Crippen LogP contribution in [-0.2, 0) is 0 Å². The van der Waals surface area contributed by atoms with Crippen LogP contribution in [0.1, 0.15) is 50.9 Å². The lowest BCUT2D eigenvalue weighted by molar-refractivity contribution is 0.418. The van der Waals surface area contributed by atoms with E-state index in [1.54, 1.807) is 0 Å². The second-order valence-electron chi connectivity index (χ2n) is 5.62. The molecule has 0 N–H and O–H groups in total. The van der Waals surface area contributed by atoms with Crippen LogP contribution in [0.25, 0.3) is 0 Å². The molecule has 2 unspecified atom stereocenters. The van der Waals surface area contributed by atoms with Crippen molar-refractivity contribution < 1.29 is 0 Å². The van der Waals surface area contributed by atoms with Gasteiger partial charge in [-0.3, -0.25) is 0 Å². The fourth-order valence-corrected chi connectivity index (χ4v) is 3.12. The zero-order valence-electron chi connectivity index (χ0n) is 12.1. The summed E-state index contributed by atoms with van der Waals surface area (Å²) in [5.41, 5.74) is 2.15. The van der Waals surface area contributed by atoms with Crippen molar-refractivity contribution in [3.8, 4) is 0 Å². The predicted molar refractivity (Wildman–Crippen MR) is 75.9 cm³/mol. The number of hydrogen-bond acceptors (Lipinski definition) is 3. The van der Waals surface area contributed by atoms with E-state index >= 15 is 0 Å². The molecular formula is C15H25N3. The minimum absolute atomic E-state index is 0.631. The normalized spacial score (nSPS) is 21.3. The maximum atomic E-state index is 4.62. The van der Waals surface area contributed by atoms with Crippen molar-refractivity contribution in [3.63, 3.8) is 0 Å². The average Bonchev–Trinajstić information content (AvgIpc) is 2.76. The van der Waals surface area contributed by atoms with Gasteiger partial charge in [0.2, 0.25) is 5.95 Å². The topological polar surface area (TPSA) is 29.0 Å². The average molecular weight is 247 g/mol. The molecule has 0 saturated carbocycles. The lowest BCUT2D eigenvalue weighted by Gasteiger charge is -2.29. The summed E-state index contributed by atoms with van der Waals surface area (Å²) in [4.78, 5) is 11.7. The van der Waals surface area contributed by atoms with Gasteiger partial charge in [-0.25, -0.2) is 9.97 Å². The highest BCUT2D eigenvalue weighted by Gasteiger charge is 2.30. The minimum atomic E-state index is 0.631. The molecule has 2 rings (SSSR count). The van der Waals surface area contributed by atoms with Crippen LogP contribution in [-0.4, -0.2) is 22.6 Å². The van der Waals surface area contributed by atoms with Crippen LogP contribution in [0.5, 0.6) is 0 Å². The van der Waals surface area contributed by atoms with Crippen LogP contribution >= 0.6 is 0 Å². The van der Waals surface area contributed by atoms with Gasteiger partial charge in [-0.2, -0.15) is 0 Å². The second kappa shape index (κ2) is 5.68. The molecule has 0 spiro atoms. The lowest BCUT2D eigenvalue weighted by Crippen LogP contribution is -2.35. The van der Waals surface area contributed by atoms with Gasteiger partial charge in [0.1, 0.15) is 0 Å². The molecule has 1 aromatic heterocycles. The van der Waals surface area contributed by atoms with Gasteiger partial charge in [0.05, 0.1) is 0 Å². The Morgan fingerprint density at radius 2 is 2.00 bits per heavy atom. The molecule has 1 aliphatic heterocycles. The van der Waals surface area contributed by atoms with E-state index in [-0.39, 0.29) is 0 Å². The third kappa shape index (κ3) is 2.82. The Balaban J connectivity index is 2.20. The van der Waals surface area contributed by atoms with Crippen LogP contribution in [0.3, 0.4) is 0 Å². The van der Waals surface area contributed by atoms with E-state index in [2.05, 4.69) is 42.6 Å². The SMILES string of the molecule is CCCC(C)C1CCCN1c1nc(C)cc(C)n1. The first-order valence-corrected chi connectivity index (χ1v) is 7.20. The lowest BCUT2D eigenvalue weighted by atomic mass is 9.95. The Kier molecular flexibility index (Phi) is 4.20. The summed E-state index contributed by atoms with van der Waals surface area (Å²) in [5.74, 6) is 1.68. The smallest absolute Gasteiger partial charge is 0.226 e. The molecule has 18 heavy (non-hydrogen) atoms. The third-order valence-electron chi connectivity index (χ3n) is 3.93. The molecule has 1 aromatic rings. The van der Waals surface area contributed by atoms with E-state index < -0.39 is 0 Å². The summed E-state index contributed by atoms with van der Waals surface area (Å²) in [5, 5.41) is 0. The van der Waals surface area contributed by atoms with E-state index in [0.29, 0.717) is 6.04 Å². The molecule has 1 fully saturated rings. The molecule has 0 aromatic carbocycles. The zero-order valence-corrected chi connectivity index (χ0v) is 12.1. The highest BCUT2D eigenvalue weighted by molar-refractivity contribution is 5.35. The summed E-state index contributed by atoms with van der Waals surface area (Å²) in [6.07, 6.45) is 5.12. The van der Waals surface area contributed by atoms with Gasteiger partial charge < -0.3 is 4.90 Å². The predicted octanol–water partition coefficient (Wildman–Crippen LogP) is 3.50. The van der Waals surface area contributed by atoms with Crippen molar-refractivity contribution in [1.82, 2.24) is 9.97 Å². The van der Waals surface area contributed by atoms with Gasteiger partial charge in [-0.1, -0.05) is 20.3 Å². The molecule has 3 nitrogen and oxygen atoms in total. The van der Waals surface area contributed by atoms with Crippen LogP contribution in [0.2, 0.25) is 0 Å². The fraction of sp³-hybridized carbons (Fsp3) is 0.733. The first-order valence-electron chi connectivity index (χ1n) is 7.20. The molecule has 1 saturated heterocycles. The quantitative estimate of drug-likeness (QED) is 0.815. The van der Waals surface area contributed by atoms with Crippen LogP contribution < -0.4 is 4.90 Å². The van der Waals surface area contributed by atoms with E-state index in [0.717, 1.165) is 29.8 Å². The number of aryl methyl sites for hydroxylation is 2. The Bertz CT molecular complexity index is 382. The molecule has 3 heteroatoms. The standard InChI is InChI=1S/C15H25N3/c1-5-7-11(2)14-8-6-9-18(14)15-16-12(3)10-13(4)17-15/h10-11,14H,5-9H2,1-4H3. The van der Waals surface area contributed by atoms with Crippen LogP contribution in [0.15, 0.2) is 6.07 Å². The van der Waals surface area contributed by atoms with Gasteiger partial charge >= 0.3 is 0 Å². The van der Waals surface area contributed by atoms with Crippen molar-refractivity contribution in [2.24, 2.45) is 5.92 Å². The second-order valence-corrected chi connectivity index (χ2v) is 5.62. The fourth-order valence-electron chi connectivity index (χ4n) is 3.12. The number of aromatic nitrogens is 2. The van der Waals surface area contributed by atoms with E-state index in [1.165, 1.54) is 25.7 Å². The van der Waals surface area contributed by atoms with Crippen LogP contribution in [0, 0.1) is 19.8 Å². The van der Waals surface area contributed by atoms with Gasteiger partial charge in [0, 0.05) is 24.0 Å². The summed E-state index contributed by atoms with van der Waals surface area (Å²) in [6, 6.07) is 2.68. The summed E-state index contributed by atoms with van der Waals surface area (Å²) in [6.45, 7) is 9.86. The monoisotopic (exact) mass is 247 g/mol. The molecule has 2 atom stereocenters. The van der Waals surface area contributed by atoms with Crippen molar-refractivity contribution in [2.75, 3.05) is 11.4 Å². The van der Waals surface area contributed by atoms with Crippen molar-refractivity contribution >= 4 is 5.95 Å². The first-order chi connectivity index (χ1) is 8.61. The summed E-state index contributed by atoms with van der Waals surface area (Å²) in [7, 11) is 0. The third-order valence-corrected chi connectivity index (χ3v) is 3.93. The van der Waals surface area contributed by atoms with Gasteiger partial charge in [-0.05, 0) is 45.1 Å². The molecule has 100 valence electrons. The Morgan fingerprint density at radius 3 is 2.61 bits per heavy atom. The molecule has 0 radical (unpaired) electrons. The molecular weight excluding hydrogens is 222 g/mol. The molecule has 0 aliphatic carbocycles. The largest absolute Gasteiger partial charge is 0.338 e. The molecule has 2 heterocycles. The van der Waals surface area contributed by atoms with Crippen LogP contribution in [0.4, 0.5) is 5.95 Å². The van der Waals surface area contributed by atoms with Crippen molar-refractivity contribution in [2.45, 2.75) is 59.4 Å². The molecule has 1 aliphatic rings.